The number of rotatable bonds is 3. The summed E-state index contributed by atoms with van der Waals surface area (Å²) in [5, 5.41) is 5.48. The van der Waals surface area contributed by atoms with Crippen molar-refractivity contribution in [3.63, 3.8) is 0 Å². The van der Waals surface area contributed by atoms with Crippen LogP contribution in [0.1, 0.15) is 33.6 Å². The van der Waals surface area contributed by atoms with Gasteiger partial charge in [-0.3, -0.25) is 4.79 Å². The Hall–Kier alpha value is -2.95. The van der Waals surface area contributed by atoms with Gasteiger partial charge in [-0.15, -0.1) is 0 Å². The molecule has 5 heteroatoms. The van der Waals surface area contributed by atoms with Gasteiger partial charge in [0, 0.05) is 23.8 Å². The Morgan fingerprint density at radius 2 is 1.89 bits per heavy atom. The number of amides is 1. The molecule has 0 bridgehead atoms. The highest BCUT2D eigenvalue weighted by atomic mass is 16.2. The van der Waals surface area contributed by atoms with E-state index < -0.39 is 0 Å². The summed E-state index contributed by atoms with van der Waals surface area (Å²) in [5.41, 5.74) is 1.67. The summed E-state index contributed by atoms with van der Waals surface area (Å²) in [4.78, 5) is 24.0. The molecular weight excluding hydrogens is 348 g/mol. The van der Waals surface area contributed by atoms with E-state index in [4.69, 9.17) is 4.98 Å². The van der Waals surface area contributed by atoms with Gasteiger partial charge in [-0.1, -0.05) is 36.4 Å². The number of nitrogens with one attached hydrogen (secondary N) is 1. The van der Waals surface area contributed by atoms with E-state index in [1.54, 1.807) is 6.20 Å². The Labute approximate surface area is 165 Å². The SMILES string of the molecule is CC(C)(C)NC(=O)[C@@H]1CCCN1c1nccc(-c2ccc3ccccc3c2)n1. The number of aromatic nitrogens is 2. The lowest BCUT2D eigenvalue weighted by Crippen LogP contribution is -2.50. The van der Waals surface area contributed by atoms with Crippen LogP contribution in [0, 0.1) is 0 Å². The van der Waals surface area contributed by atoms with E-state index in [0.29, 0.717) is 5.95 Å². The van der Waals surface area contributed by atoms with Gasteiger partial charge in [-0.25, -0.2) is 9.97 Å². The largest absolute Gasteiger partial charge is 0.350 e. The average Bonchev–Trinajstić information content (AvgIpc) is 3.16. The topological polar surface area (TPSA) is 58.1 Å². The fourth-order valence-electron chi connectivity index (χ4n) is 3.73. The summed E-state index contributed by atoms with van der Waals surface area (Å²) in [5.74, 6) is 0.668. The number of carbonyl (C=O) groups is 1. The highest BCUT2D eigenvalue weighted by Crippen LogP contribution is 2.27. The minimum absolute atomic E-state index is 0.0460. The van der Waals surface area contributed by atoms with Gasteiger partial charge in [0.15, 0.2) is 0 Å². The zero-order valence-electron chi connectivity index (χ0n) is 16.6. The molecule has 1 aliphatic rings. The van der Waals surface area contributed by atoms with E-state index in [9.17, 15) is 4.79 Å². The molecule has 0 radical (unpaired) electrons. The summed E-state index contributed by atoms with van der Waals surface area (Å²) >= 11 is 0. The maximum atomic E-state index is 12.7. The quantitative estimate of drug-likeness (QED) is 0.747. The summed E-state index contributed by atoms with van der Waals surface area (Å²) in [6.45, 7) is 6.80. The Morgan fingerprint density at radius 1 is 1.11 bits per heavy atom. The number of hydrogen-bond acceptors (Lipinski definition) is 4. The zero-order valence-corrected chi connectivity index (χ0v) is 16.6. The van der Waals surface area contributed by atoms with E-state index in [0.717, 1.165) is 30.6 Å². The summed E-state index contributed by atoms with van der Waals surface area (Å²) < 4.78 is 0. The van der Waals surface area contributed by atoms with Gasteiger partial charge >= 0.3 is 0 Å². The third kappa shape index (κ3) is 3.84. The number of hydrogen-bond donors (Lipinski definition) is 1. The fourth-order valence-corrected chi connectivity index (χ4v) is 3.73. The van der Waals surface area contributed by atoms with Crippen LogP contribution in [0.5, 0.6) is 0 Å². The number of nitrogens with zero attached hydrogens (tertiary/aromatic N) is 3. The Bertz CT molecular complexity index is 1010. The van der Waals surface area contributed by atoms with E-state index >= 15 is 0 Å². The van der Waals surface area contributed by atoms with Crippen LogP contribution in [-0.4, -0.2) is 34.0 Å². The fraction of sp³-hybridized carbons (Fsp3) is 0.348. The zero-order chi connectivity index (χ0) is 19.7. The summed E-state index contributed by atoms with van der Waals surface area (Å²) in [6, 6.07) is 16.3. The van der Waals surface area contributed by atoms with Crippen LogP contribution in [0.15, 0.2) is 54.7 Å². The molecule has 0 spiro atoms. The molecule has 144 valence electrons. The molecule has 0 saturated carbocycles. The molecule has 4 rings (SSSR count). The molecule has 1 N–H and O–H groups in total. The molecule has 2 aromatic carbocycles. The van der Waals surface area contributed by atoms with Gasteiger partial charge in [0.25, 0.3) is 0 Å². The minimum atomic E-state index is -0.251. The molecule has 2 heterocycles. The van der Waals surface area contributed by atoms with E-state index in [1.807, 2.05) is 43.9 Å². The first-order chi connectivity index (χ1) is 13.4. The number of fused-ring (bicyclic) bond motifs is 1. The van der Waals surface area contributed by atoms with Gasteiger partial charge in [0.1, 0.15) is 6.04 Å². The summed E-state index contributed by atoms with van der Waals surface area (Å²) in [7, 11) is 0. The maximum Gasteiger partial charge on any atom is 0.243 e. The van der Waals surface area contributed by atoms with Crippen LogP contribution in [0.25, 0.3) is 22.0 Å². The predicted molar refractivity (Wildman–Crippen MR) is 113 cm³/mol. The second-order valence-electron chi connectivity index (χ2n) is 8.39. The predicted octanol–water partition coefficient (Wildman–Crippen LogP) is 4.18. The molecule has 1 fully saturated rings. The van der Waals surface area contributed by atoms with Crippen molar-refractivity contribution in [3.8, 4) is 11.3 Å². The molecule has 0 unspecified atom stereocenters. The van der Waals surface area contributed by atoms with Crippen molar-refractivity contribution < 1.29 is 4.79 Å². The highest BCUT2D eigenvalue weighted by molar-refractivity contribution is 5.87. The standard InChI is InChI=1S/C23H26N4O/c1-23(2,3)26-21(28)20-9-6-14-27(20)22-24-13-12-19(25-22)18-11-10-16-7-4-5-8-17(16)15-18/h4-5,7-8,10-13,15,20H,6,9,14H2,1-3H3,(H,26,28)/t20-/m0/s1. The first-order valence-electron chi connectivity index (χ1n) is 9.82. The lowest BCUT2D eigenvalue weighted by molar-refractivity contribution is -0.123. The van der Waals surface area contributed by atoms with Crippen molar-refractivity contribution in [1.82, 2.24) is 15.3 Å². The Balaban J connectivity index is 1.63. The van der Waals surface area contributed by atoms with Crippen LogP contribution < -0.4 is 10.2 Å². The number of carbonyl (C=O) groups excluding carboxylic acids is 1. The molecule has 1 saturated heterocycles. The molecule has 1 amide bonds. The van der Waals surface area contributed by atoms with Crippen molar-refractivity contribution >= 4 is 22.6 Å². The Morgan fingerprint density at radius 3 is 2.68 bits per heavy atom. The minimum Gasteiger partial charge on any atom is -0.350 e. The highest BCUT2D eigenvalue weighted by Gasteiger charge is 2.34. The molecule has 5 nitrogen and oxygen atoms in total. The normalized spacial score (nSPS) is 17.1. The maximum absolute atomic E-state index is 12.7. The molecule has 1 atom stereocenters. The van der Waals surface area contributed by atoms with Gasteiger partial charge in [-0.2, -0.15) is 0 Å². The van der Waals surface area contributed by atoms with Crippen LogP contribution in [0.2, 0.25) is 0 Å². The molecule has 3 aromatic rings. The molecule has 28 heavy (non-hydrogen) atoms. The first kappa shape index (κ1) is 18.4. The molecular formula is C23H26N4O. The molecule has 1 aliphatic heterocycles. The van der Waals surface area contributed by atoms with E-state index in [1.165, 1.54) is 10.8 Å². The third-order valence-corrected chi connectivity index (χ3v) is 5.00. The van der Waals surface area contributed by atoms with E-state index in [-0.39, 0.29) is 17.5 Å². The first-order valence-corrected chi connectivity index (χ1v) is 9.82. The van der Waals surface area contributed by atoms with Gasteiger partial charge < -0.3 is 10.2 Å². The smallest absolute Gasteiger partial charge is 0.243 e. The van der Waals surface area contributed by atoms with Crippen LogP contribution in [0.3, 0.4) is 0 Å². The van der Waals surface area contributed by atoms with Gasteiger partial charge in [0.2, 0.25) is 11.9 Å². The van der Waals surface area contributed by atoms with Crippen molar-refractivity contribution in [2.45, 2.75) is 45.2 Å². The second kappa shape index (κ2) is 7.23. The second-order valence-corrected chi connectivity index (χ2v) is 8.39. The van der Waals surface area contributed by atoms with Gasteiger partial charge in [0.05, 0.1) is 5.69 Å². The molecule has 1 aromatic heterocycles. The van der Waals surface area contributed by atoms with Crippen molar-refractivity contribution in [2.75, 3.05) is 11.4 Å². The Kier molecular flexibility index (Phi) is 4.75. The van der Waals surface area contributed by atoms with E-state index in [2.05, 4.69) is 40.6 Å². The van der Waals surface area contributed by atoms with Gasteiger partial charge in [-0.05, 0) is 56.5 Å². The lowest BCUT2D eigenvalue weighted by Gasteiger charge is -2.28. The number of anilines is 1. The molecule has 0 aliphatic carbocycles. The monoisotopic (exact) mass is 374 g/mol. The summed E-state index contributed by atoms with van der Waals surface area (Å²) in [6.07, 6.45) is 3.57. The van der Waals surface area contributed by atoms with Crippen molar-refractivity contribution in [1.29, 1.82) is 0 Å². The van der Waals surface area contributed by atoms with Crippen molar-refractivity contribution in [2.24, 2.45) is 0 Å². The number of benzene rings is 2. The van der Waals surface area contributed by atoms with Crippen LogP contribution in [0.4, 0.5) is 5.95 Å². The van der Waals surface area contributed by atoms with Crippen LogP contribution in [-0.2, 0) is 4.79 Å². The van der Waals surface area contributed by atoms with Crippen molar-refractivity contribution in [3.05, 3.63) is 54.7 Å². The lowest BCUT2D eigenvalue weighted by atomic mass is 10.1. The average molecular weight is 374 g/mol. The van der Waals surface area contributed by atoms with Crippen LogP contribution >= 0.6 is 0 Å². The third-order valence-electron chi connectivity index (χ3n) is 5.00.